The quantitative estimate of drug-likeness (QED) is 0.435. The van der Waals surface area contributed by atoms with Crippen molar-refractivity contribution in [2.75, 3.05) is 19.6 Å². The minimum atomic E-state index is 0.410. The molecule has 0 aromatic heterocycles. The molecule has 0 amide bonds. The Balaban J connectivity index is 3.09. The number of nitrogens with one attached hydrogen (secondary N) is 1. The maximum Gasteiger partial charge on any atom is 0.00393 e. The predicted octanol–water partition coefficient (Wildman–Crippen LogP) is 2.39. The van der Waals surface area contributed by atoms with E-state index in [0.29, 0.717) is 6.04 Å². The second-order valence-corrected chi connectivity index (χ2v) is 5.00. The molecule has 1 atom stereocenters. The first-order valence-electron chi connectivity index (χ1n) is 7.47. The lowest BCUT2D eigenvalue weighted by Gasteiger charge is -2.11. The van der Waals surface area contributed by atoms with E-state index >= 15 is 0 Å². The van der Waals surface area contributed by atoms with Gasteiger partial charge in [-0.25, -0.2) is 0 Å². The summed E-state index contributed by atoms with van der Waals surface area (Å²) in [6, 6.07) is 0.410. The molecule has 104 valence electrons. The Morgan fingerprint density at radius 2 is 1.53 bits per heavy atom. The summed E-state index contributed by atoms with van der Waals surface area (Å²) < 4.78 is 0. The van der Waals surface area contributed by atoms with Crippen LogP contribution in [0.3, 0.4) is 0 Å². The second-order valence-electron chi connectivity index (χ2n) is 5.00. The summed E-state index contributed by atoms with van der Waals surface area (Å²) >= 11 is 0. The summed E-state index contributed by atoms with van der Waals surface area (Å²) in [6.45, 7) is 5.17. The van der Waals surface area contributed by atoms with E-state index in [1.807, 2.05) is 0 Å². The normalized spacial score (nSPS) is 12.9. The van der Waals surface area contributed by atoms with Crippen LogP contribution in [0.1, 0.15) is 64.7 Å². The van der Waals surface area contributed by atoms with Crippen LogP contribution in [-0.2, 0) is 0 Å². The van der Waals surface area contributed by atoms with Gasteiger partial charge >= 0.3 is 0 Å². The van der Waals surface area contributed by atoms with Crippen LogP contribution in [0.25, 0.3) is 0 Å². The Bertz CT molecular complexity index is 139. The van der Waals surface area contributed by atoms with Gasteiger partial charge in [0.05, 0.1) is 0 Å². The van der Waals surface area contributed by atoms with Gasteiger partial charge in [-0.15, -0.1) is 0 Å². The van der Waals surface area contributed by atoms with Crippen molar-refractivity contribution >= 4 is 0 Å². The van der Waals surface area contributed by atoms with Crippen LogP contribution in [0.2, 0.25) is 0 Å². The van der Waals surface area contributed by atoms with E-state index in [1.54, 1.807) is 0 Å². The first kappa shape index (κ1) is 16.9. The standard InChI is InChI=1S/C14H33N3/c1-2-3-4-5-6-9-14(16)10-7-12-17-13-8-11-15/h14,17H,2-13,15-16H2,1H3. The van der Waals surface area contributed by atoms with Crippen molar-refractivity contribution in [1.82, 2.24) is 5.32 Å². The monoisotopic (exact) mass is 243 g/mol. The van der Waals surface area contributed by atoms with E-state index in [9.17, 15) is 0 Å². The Morgan fingerprint density at radius 1 is 0.882 bits per heavy atom. The molecule has 0 spiro atoms. The molecule has 0 aromatic rings. The Labute approximate surface area is 108 Å². The fraction of sp³-hybridized carbons (Fsp3) is 1.00. The van der Waals surface area contributed by atoms with Crippen molar-refractivity contribution < 1.29 is 0 Å². The van der Waals surface area contributed by atoms with Crippen LogP contribution in [-0.4, -0.2) is 25.7 Å². The molecule has 0 aliphatic rings. The molecule has 0 bridgehead atoms. The third-order valence-electron chi connectivity index (χ3n) is 3.16. The third-order valence-corrected chi connectivity index (χ3v) is 3.16. The van der Waals surface area contributed by atoms with Crippen LogP contribution in [0, 0.1) is 0 Å². The highest BCUT2D eigenvalue weighted by Gasteiger charge is 2.01. The summed E-state index contributed by atoms with van der Waals surface area (Å²) in [6.07, 6.45) is 11.4. The van der Waals surface area contributed by atoms with E-state index < -0.39 is 0 Å². The van der Waals surface area contributed by atoms with E-state index in [-0.39, 0.29) is 0 Å². The Hall–Kier alpha value is -0.120. The van der Waals surface area contributed by atoms with Gasteiger partial charge in [0.1, 0.15) is 0 Å². The van der Waals surface area contributed by atoms with Crippen molar-refractivity contribution in [3.05, 3.63) is 0 Å². The molecule has 5 N–H and O–H groups in total. The predicted molar refractivity (Wildman–Crippen MR) is 77.1 cm³/mol. The lowest BCUT2D eigenvalue weighted by atomic mass is 10.0. The van der Waals surface area contributed by atoms with Gasteiger partial charge in [0.25, 0.3) is 0 Å². The van der Waals surface area contributed by atoms with Crippen LogP contribution in [0.15, 0.2) is 0 Å². The summed E-state index contributed by atoms with van der Waals surface area (Å²) in [7, 11) is 0. The average molecular weight is 243 g/mol. The second kappa shape index (κ2) is 13.9. The number of hydrogen-bond acceptors (Lipinski definition) is 3. The highest BCUT2D eigenvalue weighted by Crippen LogP contribution is 2.08. The fourth-order valence-electron chi connectivity index (χ4n) is 2.00. The van der Waals surface area contributed by atoms with Crippen molar-refractivity contribution in [3.8, 4) is 0 Å². The van der Waals surface area contributed by atoms with Crippen LogP contribution in [0.5, 0.6) is 0 Å². The third kappa shape index (κ3) is 13.8. The van der Waals surface area contributed by atoms with Crippen molar-refractivity contribution in [3.63, 3.8) is 0 Å². The molecule has 0 heterocycles. The maximum absolute atomic E-state index is 6.08. The highest BCUT2D eigenvalue weighted by molar-refractivity contribution is 4.62. The summed E-state index contributed by atoms with van der Waals surface area (Å²) in [5, 5.41) is 3.39. The van der Waals surface area contributed by atoms with Gasteiger partial charge in [-0.1, -0.05) is 39.0 Å². The molecule has 17 heavy (non-hydrogen) atoms. The SMILES string of the molecule is CCCCCCCC(N)CCCNCCCN. The zero-order valence-electron chi connectivity index (χ0n) is 11.7. The van der Waals surface area contributed by atoms with Gasteiger partial charge in [0, 0.05) is 6.04 Å². The number of rotatable bonds is 13. The Kier molecular flexibility index (Phi) is 13.8. The van der Waals surface area contributed by atoms with Gasteiger partial charge in [0.15, 0.2) is 0 Å². The topological polar surface area (TPSA) is 64.1 Å². The molecule has 1 unspecified atom stereocenters. The summed E-state index contributed by atoms with van der Waals surface area (Å²) in [4.78, 5) is 0. The minimum Gasteiger partial charge on any atom is -0.330 e. The van der Waals surface area contributed by atoms with E-state index in [4.69, 9.17) is 11.5 Å². The van der Waals surface area contributed by atoms with Gasteiger partial charge in [0.2, 0.25) is 0 Å². The van der Waals surface area contributed by atoms with E-state index in [2.05, 4.69) is 12.2 Å². The van der Waals surface area contributed by atoms with E-state index in [1.165, 1.54) is 44.9 Å². The first-order valence-corrected chi connectivity index (χ1v) is 7.47. The smallest absolute Gasteiger partial charge is 0.00393 e. The van der Waals surface area contributed by atoms with Crippen LogP contribution < -0.4 is 16.8 Å². The first-order chi connectivity index (χ1) is 8.31. The molecule has 3 heteroatoms. The molecule has 0 rings (SSSR count). The molecule has 3 nitrogen and oxygen atoms in total. The molecule has 0 aliphatic carbocycles. The average Bonchev–Trinajstić information content (AvgIpc) is 2.33. The maximum atomic E-state index is 6.08. The number of hydrogen-bond donors (Lipinski definition) is 3. The van der Waals surface area contributed by atoms with Crippen LogP contribution >= 0.6 is 0 Å². The van der Waals surface area contributed by atoms with Crippen molar-refractivity contribution in [2.45, 2.75) is 70.8 Å². The molecular weight excluding hydrogens is 210 g/mol. The molecule has 0 aromatic carbocycles. The van der Waals surface area contributed by atoms with Gasteiger partial charge in [-0.3, -0.25) is 0 Å². The minimum absolute atomic E-state index is 0.410. The zero-order chi connectivity index (χ0) is 12.8. The van der Waals surface area contributed by atoms with Crippen LogP contribution in [0.4, 0.5) is 0 Å². The molecule has 0 aliphatic heterocycles. The number of unbranched alkanes of at least 4 members (excludes halogenated alkanes) is 4. The van der Waals surface area contributed by atoms with Crippen molar-refractivity contribution in [2.24, 2.45) is 11.5 Å². The molecular formula is C14H33N3. The largest absolute Gasteiger partial charge is 0.330 e. The lowest BCUT2D eigenvalue weighted by Crippen LogP contribution is -2.24. The molecule has 0 fully saturated rings. The Morgan fingerprint density at radius 3 is 2.24 bits per heavy atom. The lowest BCUT2D eigenvalue weighted by molar-refractivity contribution is 0.492. The van der Waals surface area contributed by atoms with E-state index in [0.717, 1.165) is 32.5 Å². The van der Waals surface area contributed by atoms with Gasteiger partial charge < -0.3 is 16.8 Å². The van der Waals surface area contributed by atoms with Crippen molar-refractivity contribution in [1.29, 1.82) is 0 Å². The summed E-state index contributed by atoms with van der Waals surface area (Å²) in [5.41, 5.74) is 11.5. The highest BCUT2D eigenvalue weighted by atomic mass is 14.8. The molecule has 0 saturated heterocycles. The number of nitrogens with two attached hydrogens (primary N) is 2. The van der Waals surface area contributed by atoms with Gasteiger partial charge in [-0.05, 0) is 45.3 Å². The fourth-order valence-corrected chi connectivity index (χ4v) is 2.00. The zero-order valence-corrected chi connectivity index (χ0v) is 11.7. The van der Waals surface area contributed by atoms with Gasteiger partial charge in [-0.2, -0.15) is 0 Å². The molecule has 0 saturated carbocycles. The molecule has 0 radical (unpaired) electrons. The summed E-state index contributed by atoms with van der Waals surface area (Å²) in [5.74, 6) is 0.